The first-order valence-corrected chi connectivity index (χ1v) is 9.07. The highest BCUT2D eigenvalue weighted by molar-refractivity contribution is 6.57. The molecule has 28 heavy (non-hydrogen) atoms. The van der Waals surface area contributed by atoms with E-state index in [1.54, 1.807) is 55.5 Å². The van der Waals surface area contributed by atoms with Gasteiger partial charge in [-0.15, -0.1) is 0 Å². The summed E-state index contributed by atoms with van der Waals surface area (Å²) in [5, 5.41) is 13.2. The second-order valence-electron chi connectivity index (χ2n) is 5.45. The second kappa shape index (κ2) is 10.6. The highest BCUT2D eigenvalue weighted by Crippen LogP contribution is 2.30. The van der Waals surface area contributed by atoms with Gasteiger partial charge in [-0.05, 0) is 36.3 Å². The predicted molar refractivity (Wildman–Crippen MR) is 109 cm³/mol. The average molecular weight is 424 g/mol. The van der Waals surface area contributed by atoms with Gasteiger partial charge in [-0.25, -0.2) is 4.79 Å². The van der Waals surface area contributed by atoms with Gasteiger partial charge in [0.15, 0.2) is 17.2 Å². The lowest BCUT2D eigenvalue weighted by Crippen LogP contribution is -2.18. The molecule has 0 saturated carbocycles. The van der Waals surface area contributed by atoms with Crippen LogP contribution in [0.15, 0.2) is 52.1 Å². The summed E-state index contributed by atoms with van der Waals surface area (Å²) in [6, 6.07) is 12.1. The Balaban J connectivity index is 2.33. The van der Waals surface area contributed by atoms with Crippen molar-refractivity contribution in [3.05, 3.63) is 63.6 Å². The van der Waals surface area contributed by atoms with Gasteiger partial charge in [0.25, 0.3) is 0 Å². The fourth-order valence-corrected chi connectivity index (χ4v) is 2.64. The Bertz CT molecular complexity index is 892. The van der Waals surface area contributed by atoms with Crippen LogP contribution in [-0.2, 0) is 16.2 Å². The van der Waals surface area contributed by atoms with Crippen molar-refractivity contribution in [2.45, 2.75) is 13.5 Å². The van der Waals surface area contributed by atoms with Crippen LogP contribution in [0.2, 0.25) is 0 Å². The lowest BCUT2D eigenvalue weighted by atomic mass is 10.0. The minimum atomic E-state index is -1.19. The molecular weight excluding hydrogens is 405 g/mol. The van der Waals surface area contributed by atoms with Gasteiger partial charge in [-0.3, -0.25) is 0 Å². The van der Waals surface area contributed by atoms with Crippen molar-refractivity contribution in [3.8, 4) is 11.5 Å². The molecule has 0 bridgehead atoms. The minimum absolute atomic E-state index is 0.0900. The number of ether oxygens (including phenoxy) is 2. The molecule has 0 amide bonds. The van der Waals surface area contributed by atoms with Gasteiger partial charge in [0.1, 0.15) is 17.7 Å². The van der Waals surface area contributed by atoms with E-state index < -0.39 is 5.97 Å². The third kappa shape index (κ3) is 5.90. The number of halogens is 2. The molecule has 2 rings (SSSR count). The number of hydrogen-bond acceptors (Lipinski definition) is 5. The molecule has 0 unspecified atom stereocenters. The largest absolute Gasteiger partial charge is 0.493 e. The number of carbonyl (C=O) groups is 1. The van der Waals surface area contributed by atoms with Crippen molar-refractivity contribution >= 4 is 41.0 Å². The fourth-order valence-electron chi connectivity index (χ4n) is 2.39. The maximum absolute atomic E-state index is 11.6. The summed E-state index contributed by atoms with van der Waals surface area (Å²) in [6.07, 6.45) is 1.57. The van der Waals surface area contributed by atoms with Crippen LogP contribution in [-0.4, -0.2) is 30.5 Å². The Morgan fingerprint density at radius 1 is 1.18 bits per heavy atom. The van der Waals surface area contributed by atoms with Crippen molar-refractivity contribution in [1.29, 1.82) is 0 Å². The lowest BCUT2D eigenvalue weighted by molar-refractivity contribution is -0.129. The van der Waals surface area contributed by atoms with E-state index in [-0.39, 0.29) is 23.4 Å². The lowest BCUT2D eigenvalue weighted by Gasteiger charge is -2.14. The third-order valence-corrected chi connectivity index (χ3v) is 3.82. The number of rotatable bonds is 9. The molecule has 0 aliphatic carbocycles. The molecule has 0 saturated heterocycles. The Labute approximate surface area is 172 Å². The molecule has 6 nitrogen and oxygen atoms in total. The van der Waals surface area contributed by atoms with Crippen LogP contribution in [0.5, 0.6) is 11.5 Å². The van der Waals surface area contributed by atoms with Gasteiger partial charge < -0.3 is 19.4 Å². The third-order valence-electron chi connectivity index (χ3n) is 3.61. The summed E-state index contributed by atoms with van der Waals surface area (Å²) in [6.45, 7) is 2.07. The molecule has 8 heteroatoms. The Morgan fingerprint density at radius 3 is 2.57 bits per heavy atom. The van der Waals surface area contributed by atoms with Crippen LogP contribution in [0.25, 0.3) is 6.08 Å². The van der Waals surface area contributed by atoms with E-state index in [2.05, 4.69) is 5.16 Å². The maximum Gasteiger partial charge on any atom is 0.358 e. The monoisotopic (exact) mass is 423 g/mol. The first-order chi connectivity index (χ1) is 13.5. The summed E-state index contributed by atoms with van der Waals surface area (Å²) in [5.41, 5.74) is 1.57. The quantitative estimate of drug-likeness (QED) is 0.459. The van der Waals surface area contributed by atoms with Gasteiger partial charge in [-0.1, -0.05) is 58.7 Å². The summed E-state index contributed by atoms with van der Waals surface area (Å²) in [7, 11) is 1.53. The van der Waals surface area contributed by atoms with Crippen LogP contribution < -0.4 is 9.47 Å². The minimum Gasteiger partial charge on any atom is -0.493 e. The normalized spacial score (nSPS) is 10.9. The van der Waals surface area contributed by atoms with E-state index in [1.165, 1.54) is 7.11 Å². The van der Waals surface area contributed by atoms with Gasteiger partial charge >= 0.3 is 5.97 Å². The van der Waals surface area contributed by atoms with Crippen LogP contribution >= 0.6 is 23.2 Å². The van der Waals surface area contributed by atoms with Crippen molar-refractivity contribution in [2.24, 2.45) is 5.16 Å². The van der Waals surface area contributed by atoms with Crippen molar-refractivity contribution in [2.75, 3.05) is 13.7 Å². The zero-order valence-corrected chi connectivity index (χ0v) is 16.8. The number of carboxylic acids is 1. The zero-order chi connectivity index (χ0) is 20.5. The molecule has 0 aliphatic rings. The fraction of sp³-hybridized carbons (Fsp3) is 0.200. The zero-order valence-electron chi connectivity index (χ0n) is 15.3. The molecule has 0 aliphatic heterocycles. The standard InChI is InChI=1S/C20H19Cl2NO5/c1-3-28-23-19(20(24)25)15-7-5-4-6-14(15)12-27-17-10-13(11-18(21)22)8-9-16(17)26-2/h4-11H,3,12H2,1-2H3,(H,24,25). The number of nitrogens with zero attached hydrogens (tertiary/aromatic N) is 1. The van der Waals surface area contributed by atoms with Crippen molar-refractivity contribution in [1.82, 2.24) is 0 Å². The van der Waals surface area contributed by atoms with E-state index in [9.17, 15) is 9.90 Å². The van der Waals surface area contributed by atoms with Crippen molar-refractivity contribution < 1.29 is 24.2 Å². The van der Waals surface area contributed by atoms with Gasteiger partial charge in [-0.2, -0.15) is 0 Å². The maximum atomic E-state index is 11.6. The Hall–Kier alpha value is -2.70. The average Bonchev–Trinajstić information content (AvgIpc) is 2.67. The van der Waals surface area contributed by atoms with Crippen molar-refractivity contribution in [3.63, 3.8) is 0 Å². The smallest absolute Gasteiger partial charge is 0.358 e. The molecule has 2 aromatic rings. The predicted octanol–water partition coefficient (Wildman–Crippen LogP) is 4.88. The van der Waals surface area contributed by atoms with Gasteiger partial charge in [0.2, 0.25) is 0 Å². The first-order valence-electron chi connectivity index (χ1n) is 8.31. The molecule has 0 fully saturated rings. The molecule has 1 N–H and O–H groups in total. The van der Waals surface area contributed by atoms with Crippen LogP contribution in [0, 0.1) is 0 Å². The molecule has 0 atom stereocenters. The number of hydrogen-bond donors (Lipinski definition) is 1. The number of aliphatic carboxylic acids is 1. The summed E-state index contributed by atoms with van der Waals surface area (Å²) in [5.74, 6) is -0.219. The number of carboxylic acid groups (broad SMARTS) is 1. The number of oxime groups is 1. The highest BCUT2D eigenvalue weighted by atomic mass is 35.5. The Morgan fingerprint density at radius 2 is 1.93 bits per heavy atom. The van der Waals surface area contributed by atoms with E-state index >= 15 is 0 Å². The highest BCUT2D eigenvalue weighted by Gasteiger charge is 2.18. The summed E-state index contributed by atoms with van der Waals surface area (Å²) < 4.78 is 11.3. The molecule has 0 heterocycles. The SMILES string of the molecule is CCON=C(C(=O)O)c1ccccc1COc1cc(C=C(Cl)Cl)ccc1OC. The van der Waals surface area contributed by atoms with E-state index in [1.807, 2.05) is 0 Å². The van der Waals surface area contributed by atoms with Gasteiger partial charge in [0, 0.05) is 5.56 Å². The van der Waals surface area contributed by atoms with Gasteiger partial charge in [0.05, 0.1) is 7.11 Å². The van der Waals surface area contributed by atoms with E-state index in [0.29, 0.717) is 22.6 Å². The molecule has 0 spiro atoms. The van der Waals surface area contributed by atoms with Crippen LogP contribution in [0.1, 0.15) is 23.6 Å². The first kappa shape index (κ1) is 21.6. The number of benzene rings is 2. The summed E-state index contributed by atoms with van der Waals surface area (Å²) in [4.78, 5) is 16.5. The van der Waals surface area contributed by atoms with E-state index in [0.717, 1.165) is 5.56 Å². The van der Waals surface area contributed by atoms with Crippen LogP contribution in [0.3, 0.4) is 0 Å². The second-order valence-corrected chi connectivity index (χ2v) is 6.46. The van der Waals surface area contributed by atoms with E-state index in [4.69, 9.17) is 37.5 Å². The molecule has 0 aromatic heterocycles. The molecular formula is C20H19Cl2NO5. The Kier molecular flexibility index (Phi) is 8.17. The number of methoxy groups -OCH3 is 1. The topological polar surface area (TPSA) is 77.4 Å². The molecule has 0 radical (unpaired) electrons. The molecule has 2 aromatic carbocycles. The summed E-state index contributed by atoms with van der Waals surface area (Å²) >= 11 is 11.4. The van der Waals surface area contributed by atoms with Crippen LogP contribution in [0.4, 0.5) is 0 Å². The molecule has 148 valence electrons.